The van der Waals surface area contributed by atoms with Crippen LogP contribution in [0.4, 0.5) is 10.1 Å². The topological polar surface area (TPSA) is 16.1 Å². The van der Waals surface area contributed by atoms with Crippen molar-refractivity contribution in [2.75, 3.05) is 18.0 Å². The molecule has 2 fully saturated rings. The van der Waals surface area contributed by atoms with E-state index in [0.29, 0.717) is 11.5 Å². The molecule has 0 radical (unpaired) electrons. The summed E-state index contributed by atoms with van der Waals surface area (Å²) < 4.78 is 13.7. The maximum atomic E-state index is 13.7. The predicted octanol–water partition coefficient (Wildman–Crippen LogP) is 3.41. The largest absolute Gasteiger partial charge is 0.370 e. The van der Waals surface area contributed by atoms with E-state index in [1.165, 1.54) is 0 Å². The van der Waals surface area contributed by atoms with Gasteiger partial charge in [-0.25, -0.2) is 9.37 Å². The molecule has 4 rings (SSSR count). The molecule has 0 bridgehead atoms. The molecular formula is C19H17FN2. The Labute approximate surface area is 130 Å². The van der Waals surface area contributed by atoms with Gasteiger partial charge in [0.15, 0.2) is 0 Å². The zero-order chi connectivity index (χ0) is 15.2. The van der Waals surface area contributed by atoms with Crippen molar-refractivity contribution in [2.24, 2.45) is 11.3 Å². The van der Waals surface area contributed by atoms with Crippen molar-refractivity contribution < 1.29 is 4.39 Å². The minimum Gasteiger partial charge on any atom is -0.370 e. The highest BCUT2D eigenvalue weighted by atomic mass is 19.1. The van der Waals surface area contributed by atoms with E-state index in [-0.39, 0.29) is 11.2 Å². The first-order valence-electron chi connectivity index (χ1n) is 7.62. The lowest BCUT2D eigenvalue weighted by atomic mass is 10.1. The summed E-state index contributed by atoms with van der Waals surface area (Å²) in [6.07, 6.45) is 2.92. The molecule has 2 aromatic rings. The highest BCUT2D eigenvalue weighted by Gasteiger charge is 2.59. The SMILES string of the molecule is Cc1ccc(N2CC3CC3(C#Cc3ccccn3)C2)cc1F. The molecule has 1 saturated carbocycles. The average molecular weight is 292 g/mol. The van der Waals surface area contributed by atoms with Crippen LogP contribution in [0.3, 0.4) is 0 Å². The number of hydrogen-bond donors (Lipinski definition) is 0. The molecule has 2 heterocycles. The Morgan fingerprint density at radius 1 is 1.32 bits per heavy atom. The van der Waals surface area contributed by atoms with Crippen molar-refractivity contribution in [3.8, 4) is 11.8 Å². The molecule has 110 valence electrons. The summed E-state index contributed by atoms with van der Waals surface area (Å²) in [6, 6.07) is 11.3. The molecule has 2 atom stereocenters. The molecule has 1 aromatic heterocycles. The normalized spacial score (nSPS) is 25.4. The fourth-order valence-corrected chi connectivity index (χ4v) is 3.28. The van der Waals surface area contributed by atoms with E-state index in [2.05, 4.69) is 21.7 Å². The Kier molecular flexibility index (Phi) is 2.94. The Morgan fingerprint density at radius 2 is 2.23 bits per heavy atom. The van der Waals surface area contributed by atoms with Crippen LogP contribution in [0, 0.1) is 35.9 Å². The van der Waals surface area contributed by atoms with Crippen LogP contribution >= 0.6 is 0 Å². The van der Waals surface area contributed by atoms with E-state index < -0.39 is 0 Å². The van der Waals surface area contributed by atoms with Gasteiger partial charge in [-0.3, -0.25) is 0 Å². The molecular weight excluding hydrogens is 275 g/mol. The Morgan fingerprint density at radius 3 is 3.00 bits per heavy atom. The van der Waals surface area contributed by atoms with E-state index in [4.69, 9.17) is 0 Å². The predicted molar refractivity (Wildman–Crippen MR) is 85.0 cm³/mol. The van der Waals surface area contributed by atoms with E-state index in [9.17, 15) is 4.39 Å². The first kappa shape index (κ1) is 13.3. The minimum absolute atomic E-state index is 0.0822. The lowest BCUT2D eigenvalue weighted by Crippen LogP contribution is -2.24. The Bertz CT molecular complexity index is 775. The van der Waals surface area contributed by atoms with E-state index >= 15 is 0 Å². The number of halogens is 1. The summed E-state index contributed by atoms with van der Waals surface area (Å²) >= 11 is 0. The third-order valence-electron chi connectivity index (χ3n) is 4.77. The molecule has 1 aromatic carbocycles. The van der Waals surface area contributed by atoms with Crippen LogP contribution in [0.15, 0.2) is 42.6 Å². The van der Waals surface area contributed by atoms with Crippen LogP contribution in [0.5, 0.6) is 0 Å². The maximum absolute atomic E-state index is 13.7. The lowest BCUT2D eigenvalue weighted by Gasteiger charge is -2.21. The van der Waals surface area contributed by atoms with Crippen molar-refractivity contribution in [3.63, 3.8) is 0 Å². The zero-order valence-corrected chi connectivity index (χ0v) is 12.5. The third kappa shape index (κ3) is 2.25. The van der Waals surface area contributed by atoms with Crippen LogP contribution in [0.25, 0.3) is 0 Å². The van der Waals surface area contributed by atoms with E-state index in [0.717, 1.165) is 30.9 Å². The lowest BCUT2D eigenvalue weighted by molar-refractivity contribution is 0.617. The molecule has 2 unspecified atom stereocenters. The molecule has 1 aliphatic heterocycles. The van der Waals surface area contributed by atoms with Crippen molar-refractivity contribution in [1.29, 1.82) is 0 Å². The first-order valence-corrected chi connectivity index (χ1v) is 7.62. The molecule has 0 N–H and O–H groups in total. The van der Waals surface area contributed by atoms with Crippen LogP contribution < -0.4 is 4.90 Å². The fourth-order valence-electron chi connectivity index (χ4n) is 3.28. The number of piperidine rings is 1. The average Bonchev–Trinajstić information content (AvgIpc) is 3.10. The summed E-state index contributed by atoms with van der Waals surface area (Å²) in [4.78, 5) is 6.50. The van der Waals surface area contributed by atoms with Gasteiger partial charge in [0.1, 0.15) is 11.5 Å². The summed E-state index contributed by atoms with van der Waals surface area (Å²) in [6.45, 7) is 3.65. The summed E-state index contributed by atoms with van der Waals surface area (Å²) in [5.41, 5.74) is 2.56. The van der Waals surface area contributed by atoms with Gasteiger partial charge in [-0.1, -0.05) is 18.1 Å². The number of rotatable bonds is 1. The van der Waals surface area contributed by atoms with Crippen molar-refractivity contribution in [1.82, 2.24) is 4.98 Å². The van der Waals surface area contributed by atoms with Crippen LogP contribution in [0.1, 0.15) is 17.7 Å². The van der Waals surface area contributed by atoms with Crippen molar-refractivity contribution >= 4 is 5.69 Å². The standard InChI is InChI=1S/C19H17FN2/c1-14-5-6-17(10-18(14)20)22-12-15-11-19(15,13-22)8-7-16-4-2-3-9-21-16/h2-6,9-10,15H,11-13H2,1H3. The Hall–Kier alpha value is -2.34. The van der Waals surface area contributed by atoms with Gasteiger partial charge in [0, 0.05) is 25.0 Å². The fraction of sp³-hybridized carbons (Fsp3) is 0.316. The number of benzene rings is 1. The van der Waals surface area contributed by atoms with Gasteiger partial charge >= 0.3 is 0 Å². The quantitative estimate of drug-likeness (QED) is 0.749. The van der Waals surface area contributed by atoms with Gasteiger partial charge in [0.05, 0.1) is 5.41 Å². The Balaban J connectivity index is 1.53. The van der Waals surface area contributed by atoms with Gasteiger partial charge in [0.2, 0.25) is 0 Å². The van der Waals surface area contributed by atoms with Gasteiger partial charge in [-0.2, -0.15) is 0 Å². The number of aromatic nitrogens is 1. The van der Waals surface area contributed by atoms with Gasteiger partial charge in [-0.15, -0.1) is 0 Å². The molecule has 2 aliphatic rings. The summed E-state index contributed by atoms with van der Waals surface area (Å²) in [5, 5.41) is 0. The number of pyridine rings is 1. The van der Waals surface area contributed by atoms with Gasteiger partial charge in [0.25, 0.3) is 0 Å². The molecule has 22 heavy (non-hydrogen) atoms. The highest BCUT2D eigenvalue weighted by Crippen LogP contribution is 2.58. The smallest absolute Gasteiger partial charge is 0.128 e. The minimum atomic E-state index is -0.133. The maximum Gasteiger partial charge on any atom is 0.128 e. The van der Waals surface area contributed by atoms with E-state index in [1.54, 1.807) is 19.2 Å². The molecule has 3 heteroatoms. The number of hydrogen-bond acceptors (Lipinski definition) is 2. The van der Waals surface area contributed by atoms with Crippen molar-refractivity contribution in [2.45, 2.75) is 13.3 Å². The second-order valence-electron chi connectivity index (χ2n) is 6.34. The zero-order valence-electron chi connectivity index (χ0n) is 12.5. The number of anilines is 1. The van der Waals surface area contributed by atoms with Crippen LogP contribution in [-0.2, 0) is 0 Å². The molecule has 1 saturated heterocycles. The molecule has 0 spiro atoms. The second kappa shape index (κ2) is 4.84. The van der Waals surface area contributed by atoms with Gasteiger partial charge < -0.3 is 4.90 Å². The molecule has 0 amide bonds. The third-order valence-corrected chi connectivity index (χ3v) is 4.77. The number of nitrogens with zero attached hydrogens (tertiary/aromatic N) is 2. The van der Waals surface area contributed by atoms with E-state index in [1.807, 2.05) is 30.3 Å². The van der Waals surface area contributed by atoms with Gasteiger partial charge in [-0.05, 0) is 55.0 Å². The second-order valence-corrected chi connectivity index (χ2v) is 6.34. The summed E-state index contributed by atoms with van der Waals surface area (Å²) in [5.74, 6) is 7.10. The number of aryl methyl sites for hydroxylation is 1. The monoisotopic (exact) mass is 292 g/mol. The summed E-state index contributed by atoms with van der Waals surface area (Å²) in [7, 11) is 0. The van der Waals surface area contributed by atoms with Crippen LogP contribution in [-0.4, -0.2) is 18.1 Å². The first-order chi connectivity index (χ1) is 10.7. The van der Waals surface area contributed by atoms with Crippen LogP contribution in [0.2, 0.25) is 0 Å². The highest BCUT2D eigenvalue weighted by molar-refractivity contribution is 5.53. The number of fused-ring (bicyclic) bond motifs is 1. The van der Waals surface area contributed by atoms with Crippen molar-refractivity contribution in [3.05, 3.63) is 59.7 Å². The molecule has 1 aliphatic carbocycles. The molecule has 2 nitrogen and oxygen atoms in total.